The van der Waals surface area contributed by atoms with Crippen LogP contribution in [0.1, 0.15) is 12.8 Å². The van der Waals surface area contributed by atoms with E-state index in [0.29, 0.717) is 23.6 Å². The van der Waals surface area contributed by atoms with Gasteiger partial charge >= 0.3 is 0 Å². The summed E-state index contributed by atoms with van der Waals surface area (Å²) in [6.07, 6.45) is 1.86. The molecule has 3 rings (SSSR count). The minimum Gasteiger partial charge on any atom is -0.491 e. The molecule has 2 unspecified atom stereocenters. The van der Waals surface area contributed by atoms with Gasteiger partial charge in [0.05, 0.1) is 6.61 Å². The van der Waals surface area contributed by atoms with Gasteiger partial charge < -0.3 is 14.6 Å². The van der Waals surface area contributed by atoms with Crippen molar-refractivity contribution in [2.24, 2.45) is 5.41 Å². The van der Waals surface area contributed by atoms with Crippen LogP contribution in [0.2, 0.25) is 5.02 Å². The van der Waals surface area contributed by atoms with E-state index >= 15 is 0 Å². The van der Waals surface area contributed by atoms with E-state index < -0.39 is 6.10 Å². The van der Waals surface area contributed by atoms with Gasteiger partial charge in [0.2, 0.25) is 0 Å². The monoisotopic (exact) mass is 311 g/mol. The van der Waals surface area contributed by atoms with Crippen LogP contribution in [0.15, 0.2) is 24.3 Å². The van der Waals surface area contributed by atoms with E-state index in [-0.39, 0.29) is 0 Å². The maximum absolute atomic E-state index is 10.1. The minimum atomic E-state index is -0.474. The lowest BCUT2D eigenvalue weighted by Gasteiger charge is -2.23. The molecule has 2 aliphatic heterocycles. The van der Waals surface area contributed by atoms with Gasteiger partial charge in [0.25, 0.3) is 0 Å². The molecule has 1 N–H and O–H groups in total. The largest absolute Gasteiger partial charge is 0.491 e. The van der Waals surface area contributed by atoms with Crippen molar-refractivity contribution >= 4 is 11.6 Å². The number of hydrogen-bond donors (Lipinski definition) is 1. The van der Waals surface area contributed by atoms with Crippen molar-refractivity contribution in [1.82, 2.24) is 4.90 Å². The first-order chi connectivity index (χ1) is 10.2. The number of ether oxygens (including phenoxy) is 2. The van der Waals surface area contributed by atoms with Crippen molar-refractivity contribution < 1.29 is 14.6 Å². The van der Waals surface area contributed by atoms with Gasteiger partial charge in [0.1, 0.15) is 18.5 Å². The molecule has 5 heteroatoms. The molecular formula is C16H22ClNO3. The van der Waals surface area contributed by atoms with Crippen LogP contribution in [0.3, 0.4) is 0 Å². The SMILES string of the molecule is OC(COc1ccc(Cl)cc1)CN1CCC2(CCOC2)C1. The van der Waals surface area contributed by atoms with E-state index in [1.165, 1.54) is 6.42 Å². The van der Waals surface area contributed by atoms with Crippen LogP contribution in [0.5, 0.6) is 5.75 Å². The average molecular weight is 312 g/mol. The first-order valence-corrected chi connectivity index (χ1v) is 7.90. The summed E-state index contributed by atoms with van der Waals surface area (Å²) >= 11 is 5.83. The van der Waals surface area contributed by atoms with E-state index in [9.17, 15) is 5.11 Å². The lowest BCUT2D eigenvalue weighted by atomic mass is 9.87. The Hall–Kier alpha value is -0.810. The van der Waals surface area contributed by atoms with Gasteiger partial charge in [0.15, 0.2) is 0 Å². The van der Waals surface area contributed by atoms with Crippen LogP contribution >= 0.6 is 11.6 Å². The molecule has 0 amide bonds. The van der Waals surface area contributed by atoms with E-state index in [2.05, 4.69) is 4.90 Å². The summed E-state index contributed by atoms with van der Waals surface area (Å²) in [5.74, 6) is 0.737. The predicted octanol–water partition coefficient (Wildman–Crippen LogP) is 2.19. The fourth-order valence-corrected chi connectivity index (χ4v) is 3.35. The van der Waals surface area contributed by atoms with Crippen LogP contribution in [0, 0.1) is 5.41 Å². The fourth-order valence-electron chi connectivity index (χ4n) is 3.23. The van der Waals surface area contributed by atoms with Crippen molar-refractivity contribution in [1.29, 1.82) is 0 Å². The zero-order valence-electron chi connectivity index (χ0n) is 12.1. The molecule has 2 fully saturated rings. The minimum absolute atomic E-state index is 0.307. The quantitative estimate of drug-likeness (QED) is 0.905. The highest BCUT2D eigenvalue weighted by Gasteiger charge is 2.41. The van der Waals surface area contributed by atoms with Crippen LogP contribution in [-0.4, -0.2) is 55.6 Å². The topological polar surface area (TPSA) is 41.9 Å². The molecule has 0 saturated carbocycles. The summed E-state index contributed by atoms with van der Waals surface area (Å²) < 4.78 is 11.1. The molecule has 1 aromatic carbocycles. The highest BCUT2D eigenvalue weighted by Crippen LogP contribution is 2.38. The number of aliphatic hydroxyl groups is 1. The van der Waals surface area contributed by atoms with Crippen molar-refractivity contribution in [3.63, 3.8) is 0 Å². The van der Waals surface area contributed by atoms with Gasteiger partial charge in [-0.05, 0) is 43.7 Å². The standard InChI is InChI=1S/C16H22ClNO3/c17-13-1-3-15(4-2-13)21-10-14(19)9-18-7-5-16(11-18)6-8-20-12-16/h1-4,14,19H,5-12H2. The van der Waals surface area contributed by atoms with E-state index in [1.807, 2.05) is 12.1 Å². The third kappa shape index (κ3) is 3.89. The summed E-state index contributed by atoms with van der Waals surface area (Å²) in [6.45, 7) is 4.81. The Morgan fingerprint density at radius 2 is 2.14 bits per heavy atom. The zero-order valence-corrected chi connectivity index (χ0v) is 12.9. The Balaban J connectivity index is 1.42. The van der Waals surface area contributed by atoms with E-state index in [0.717, 1.165) is 38.5 Å². The van der Waals surface area contributed by atoms with Crippen molar-refractivity contribution in [3.8, 4) is 5.75 Å². The Morgan fingerprint density at radius 3 is 2.86 bits per heavy atom. The lowest BCUT2D eigenvalue weighted by Crippen LogP contribution is -2.36. The first-order valence-electron chi connectivity index (χ1n) is 7.52. The maximum Gasteiger partial charge on any atom is 0.119 e. The molecule has 116 valence electrons. The smallest absolute Gasteiger partial charge is 0.119 e. The number of aliphatic hydroxyl groups excluding tert-OH is 1. The number of nitrogens with zero attached hydrogens (tertiary/aromatic N) is 1. The number of hydrogen-bond acceptors (Lipinski definition) is 4. The van der Waals surface area contributed by atoms with Crippen LogP contribution in [-0.2, 0) is 4.74 Å². The number of β-amino-alcohol motifs (C(OH)–C–C–N with tert-alkyl or cyclic N) is 1. The van der Waals surface area contributed by atoms with Crippen molar-refractivity contribution in [3.05, 3.63) is 29.3 Å². The van der Waals surface area contributed by atoms with E-state index in [1.54, 1.807) is 12.1 Å². The second-order valence-electron chi connectivity index (χ2n) is 6.21. The second-order valence-corrected chi connectivity index (χ2v) is 6.64. The Morgan fingerprint density at radius 1 is 1.33 bits per heavy atom. The Kier molecular flexibility index (Phi) is 4.69. The maximum atomic E-state index is 10.1. The number of rotatable bonds is 5. The highest BCUT2D eigenvalue weighted by molar-refractivity contribution is 6.30. The second kappa shape index (κ2) is 6.53. The molecule has 2 aliphatic rings. The van der Waals surface area contributed by atoms with Gasteiger partial charge in [-0.25, -0.2) is 0 Å². The summed E-state index contributed by atoms with van der Waals surface area (Å²) in [4.78, 5) is 2.32. The molecule has 2 atom stereocenters. The third-order valence-electron chi connectivity index (χ3n) is 4.43. The number of benzene rings is 1. The van der Waals surface area contributed by atoms with Gasteiger partial charge in [0, 0.05) is 30.1 Å². The van der Waals surface area contributed by atoms with Gasteiger partial charge in [-0.3, -0.25) is 4.90 Å². The fraction of sp³-hybridized carbons (Fsp3) is 0.625. The Labute approximate surface area is 130 Å². The highest BCUT2D eigenvalue weighted by atomic mass is 35.5. The van der Waals surface area contributed by atoms with Gasteiger partial charge in [-0.15, -0.1) is 0 Å². The normalized spacial score (nSPS) is 27.3. The van der Waals surface area contributed by atoms with Crippen LogP contribution < -0.4 is 4.74 Å². The number of likely N-dealkylation sites (tertiary alicyclic amines) is 1. The summed E-state index contributed by atoms with van der Waals surface area (Å²) in [7, 11) is 0. The summed E-state index contributed by atoms with van der Waals surface area (Å²) in [5.41, 5.74) is 0.344. The number of halogens is 1. The molecule has 4 nitrogen and oxygen atoms in total. The molecule has 2 heterocycles. The molecular weight excluding hydrogens is 290 g/mol. The zero-order chi connectivity index (χ0) is 14.7. The molecule has 21 heavy (non-hydrogen) atoms. The molecule has 0 aromatic heterocycles. The lowest BCUT2D eigenvalue weighted by molar-refractivity contribution is 0.0705. The molecule has 1 spiro atoms. The third-order valence-corrected chi connectivity index (χ3v) is 4.68. The van der Waals surface area contributed by atoms with E-state index in [4.69, 9.17) is 21.1 Å². The molecule has 0 radical (unpaired) electrons. The molecule has 0 aliphatic carbocycles. The predicted molar refractivity (Wildman–Crippen MR) is 81.9 cm³/mol. The molecule has 2 saturated heterocycles. The van der Waals surface area contributed by atoms with Crippen molar-refractivity contribution in [2.75, 3.05) is 39.5 Å². The molecule has 0 bridgehead atoms. The summed E-state index contributed by atoms with van der Waals surface area (Å²) in [6, 6.07) is 7.20. The molecule has 1 aromatic rings. The Bertz CT molecular complexity index is 459. The summed E-state index contributed by atoms with van der Waals surface area (Å²) in [5, 5.41) is 10.8. The van der Waals surface area contributed by atoms with Crippen molar-refractivity contribution in [2.45, 2.75) is 18.9 Å². The average Bonchev–Trinajstić information content (AvgIpc) is 3.09. The van der Waals surface area contributed by atoms with Gasteiger partial charge in [-0.1, -0.05) is 11.6 Å². The van der Waals surface area contributed by atoms with Gasteiger partial charge in [-0.2, -0.15) is 0 Å². The van der Waals surface area contributed by atoms with Crippen LogP contribution in [0.4, 0.5) is 0 Å². The first kappa shape index (κ1) is 15.1. The van der Waals surface area contributed by atoms with Crippen LogP contribution in [0.25, 0.3) is 0 Å².